The van der Waals surface area contributed by atoms with Crippen molar-refractivity contribution >= 4 is 14.4 Å². The van der Waals surface area contributed by atoms with Crippen LogP contribution in [0.15, 0.2) is 0 Å². The first-order chi connectivity index (χ1) is 1.73. The van der Waals surface area contributed by atoms with E-state index in [1.54, 1.807) is 0 Å². The molecule has 0 rings (SSSR count). The number of hydrogen-bond acceptors (Lipinski definition) is 1. The minimum atomic E-state index is -0.833. The molecule has 0 aliphatic rings. The molecule has 0 aromatic heterocycles. The van der Waals surface area contributed by atoms with Crippen LogP contribution >= 0.6 is 0 Å². The zero-order valence-corrected chi connectivity index (χ0v) is 6.48. The maximum Gasteiger partial charge on any atom is 1.00 e. The van der Waals surface area contributed by atoms with Crippen molar-refractivity contribution in [3.8, 4) is 0 Å². The predicted octanol–water partition coefficient (Wildman–Crippen LogP) is -4.36. The topological polar surface area (TPSA) is 37.3 Å². The van der Waals surface area contributed by atoms with Gasteiger partial charge in [0.25, 0.3) is 5.97 Å². The van der Waals surface area contributed by atoms with Gasteiger partial charge in [-0.1, -0.05) is 8.41 Å². The van der Waals surface area contributed by atoms with Gasteiger partial charge in [-0.15, -0.1) is 0 Å². The molecular weight excluding hydrogens is 106 g/mol. The first kappa shape index (κ1) is 15.7. The van der Waals surface area contributed by atoms with Crippen LogP contribution in [-0.2, 0) is 4.79 Å². The third-order valence-electron chi connectivity index (χ3n) is 0. The van der Waals surface area contributed by atoms with Crippen molar-refractivity contribution < 1.29 is 61.3 Å². The molecule has 4 heteroatoms. The normalized spacial score (nSPS) is 4.17. The number of aliphatic carboxylic acids is 1. The van der Waals surface area contributed by atoms with E-state index < -0.39 is 5.97 Å². The number of carboxylic acid groups (broad SMARTS) is 1. The maximum absolute atomic E-state index is 9.00. The van der Waals surface area contributed by atoms with E-state index in [0.29, 0.717) is 0 Å². The monoisotopic (exact) mass is 114 g/mol. The van der Waals surface area contributed by atoms with Crippen LogP contribution in [0.4, 0.5) is 0 Å². The molecule has 0 saturated heterocycles. The molecule has 0 radical (unpaired) electrons. The number of carbonyl (C=O) groups is 1. The van der Waals surface area contributed by atoms with Crippen LogP contribution in [-0.4, -0.2) is 19.5 Å². The van der Waals surface area contributed by atoms with E-state index in [4.69, 9.17) is 9.90 Å². The first-order valence-corrected chi connectivity index (χ1v) is 0.928. The Kier molecular flexibility index (Phi) is 24.8. The summed E-state index contributed by atoms with van der Waals surface area (Å²) in [5.41, 5.74) is 0. The molecule has 0 saturated carbocycles. The summed E-state index contributed by atoms with van der Waals surface area (Å²) in [4.78, 5) is 9.00. The summed E-state index contributed by atoms with van der Waals surface area (Å²) >= 11 is 0. The van der Waals surface area contributed by atoms with Crippen molar-refractivity contribution in [1.29, 1.82) is 0 Å². The smallest absolute Gasteiger partial charge is 0.481 e. The molecule has 0 amide bonds. The molecule has 0 aliphatic carbocycles. The van der Waals surface area contributed by atoms with Crippen LogP contribution in [0.2, 0.25) is 0 Å². The molecule has 0 spiro atoms. The molecule has 0 fully saturated rings. The summed E-state index contributed by atoms with van der Waals surface area (Å²) in [6.45, 7) is 1.08. The van der Waals surface area contributed by atoms with Gasteiger partial charge in [0.05, 0.1) is 0 Å². The molecular formula is C2H8BKO2. The van der Waals surface area contributed by atoms with Gasteiger partial charge >= 0.3 is 51.4 Å². The first-order valence-electron chi connectivity index (χ1n) is 0.928. The average molecular weight is 114 g/mol. The Labute approximate surface area is 81.3 Å². The van der Waals surface area contributed by atoms with Crippen LogP contribution in [0.25, 0.3) is 0 Å². The Bertz CT molecular complexity index is 34.5. The summed E-state index contributed by atoms with van der Waals surface area (Å²) in [7, 11) is 0. The summed E-state index contributed by atoms with van der Waals surface area (Å²) in [6.07, 6.45) is 0. The minimum absolute atomic E-state index is 0. The van der Waals surface area contributed by atoms with E-state index in [9.17, 15) is 0 Å². The van der Waals surface area contributed by atoms with Crippen molar-refractivity contribution in [2.24, 2.45) is 0 Å². The largest absolute Gasteiger partial charge is 1.00 e. The van der Waals surface area contributed by atoms with Gasteiger partial charge in [0.15, 0.2) is 0 Å². The van der Waals surface area contributed by atoms with E-state index in [2.05, 4.69) is 0 Å². The van der Waals surface area contributed by atoms with E-state index in [-0.39, 0.29) is 59.8 Å². The second-order valence-corrected chi connectivity index (χ2v) is 0.519. The molecule has 2 nitrogen and oxygen atoms in total. The summed E-state index contributed by atoms with van der Waals surface area (Å²) in [6, 6.07) is 0. The van der Waals surface area contributed by atoms with Gasteiger partial charge in [-0.2, -0.15) is 0 Å². The summed E-state index contributed by atoms with van der Waals surface area (Å²) < 4.78 is 0. The second kappa shape index (κ2) is 9.48. The van der Waals surface area contributed by atoms with Crippen molar-refractivity contribution in [2.45, 2.75) is 6.92 Å². The zero-order chi connectivity index (χ0) is 3.58. The third kappa shape index (κ3) is 65.6. The van der Waals surface area contributed by atoms with Gasteiger partial charge in [0, 0.05) is 6.92 Å². The molecule has 32 valence electrons. The molecule has 0 bridgehead atoms. The summed E-state index contributed by atoms with van der Waals surface area (Å²) in [5.74, 6) is -0.833. The van der Waals surface area contributed by atoms with Gasteiger partial charge in [-0.05, 0) is 0 Å². The molecule has 0 aromatic rings. The number of carboxylic acids is 1. The van der Waals surface area contributed by atoms with Crippen molar-refractivity contribution in [1.82, 2.24) is 0 Å². The molecule has 0 unspecified atom stereocenters. The Morgan fingerprint density at radius 3 is 1.67 bits per heavy atom. The fourth-order valence-electron chi connectivity index (χ4n) is 0. The molecule has 0 atom stereocenters. The maximum atomic E-state index is 9.00. The molecule has 0 aliphatic heterocycles. The van der Waals surface area contributed by atoms with E-state index in [0.717, 1.165) is 6.92 Å². The number of hydrogen-bond donors (Lipinski definition) is 1. The fourth-order valence-corrected chi connectivity index (χ4v) is 0. The molecule has 1 N–H and O–H groups in total. The van der Waals surface area contributed by atoms with Gasteiger partial charge in [0.1, 0.15) is 0 Å². The van der Waals surface area contributed by atoms with E-state index in [1.807, 2.05) is 0 Å². The van der Waals surface area contributed by atoms with Crippen LogP contribution in [0, 0.1) is 0 Å². The second-order valence-electron chi connectivity index (χ2n) is 0.519. The summed E-state index contributed by atoms with van der Waals surface area (Å²) in [5, 5.41) is 7.42. The fraction of sp³-hybridized carbons (Fsp3) is 0.500. The molecule has 0 heterocycles. The Morgan fingerprint density at radius 2 is 1.67 bits per heavy atom. The average Bonchev–Trinajstić information content (AvgIpc) is 0.811. The standard InChI is InChI=1S/C2H4O2.BH4.K/c1-2(3)4;;/h1H3,(H,3,4);1H4;/q;-1;+1. The molecule has 6 heavy (non-hydrogen) atoms. The Morgan fingerprint density at radius 1 is 1.67 bits per heavy atom. The Hall–Kier alpha value is 1.17. The van der Waals surface area contributed by atoms with Gasteiger partial charge in [0.2, 0.25) is 0 Å². The molecule has 0 aromatic carbocycles. The van der Waals surface area contributed by atoms with Crippen LogP contribution in [0.5, 0.6) is 0 Å². The third-order valence-corrected chi connectivity index (χ3v) is 0. The minimum Gasteiger partial charge on any atom is -0.481 e. The van der Waals surface area contributed by atoms with Gasteiger partial charge in [-0.3, -0.25) is 4.79 Å². The van der Waals surface area contributed by atoms with E-state index >= 15 is 0 Å². The van der Waals surface area contributed by atoms with Crippen LogP contribution in [0.1, 0.15) is 6.92 Å². The van der Waals surface area contributed by atoms with Gasteiger partial charge < -0.3 is 5.11 Å². The van der Waals surface area contributed by atoms with Crippen LogP contribution < -0.4 is 51.4 Å². The van der Waals surface area contributed by atoms with Crippen molar-refractivity contribution in [3.63, 3.8) is 0 Å². The Balaban J connectivity index is -0.0000000450. The number of rotatable bonds is 0. The SMILES string of the molecule is CC(=O)O.[BH4-].[K+]. The van der Waals surface area contributed by atoms with Crippen molar-refractivity contribution in [2.75, 3.05) is 0 Å². The van der Waals surface area contributed by atoms with Crippen molar-refractivity contribution in [3.05, 3.63) is 0 Å². The predicted molar refractivity (Wildman–Crippen MR) is 24.6 cm³/mol. The zero-order valence-electron chi connectivity index (χ0n) is 3.36. The van der Waals surface area contributed by atoms with Crippen LogP contribution in [0.3, 0.4) is 0 Å². The van der Waals surface area contributed by atoms with E-state index in [1.165, 1.54) is 0 Å². The quantitative estimate of drug-likeness (QED) is 0.323. The van der Waals surface area contributed by atoms with Gasteiger partial charge in [-0.25, -0.2) is 0 Å².